The monoisotopic (exact) mass is 360 g/mol. The van der Waals surface area contributed by atoms with E-state index in [0.29, 0.717) is 11.1 Å². The van der Waals surface area contributed by atoms with Crippen molar-refractivity contribution in [2.45, 2.75) is 19.5 Å². The van der Waals surface area contributed by atoms with Gasteiger partial charge in [0.25, 0.3) is 5.91 Å². The number of hydrogen-bond acceptors (Lipinski definition) is 2. The molecule has 1 amide bonds. The van der Waals surface area contributed by atoms with Gasteiger partial charge >= 0.3 is 0 Å². The summed E-state index contributed by atoms with van der Waals surface area (Å²) >= 11 is 0. The third-order valence-electron chi connectivity index (χ3n) is 5.02. The number of carbonyl (C=O) groups is 1. The first kappa shape index (κ1) is 17.3. The number of nitrogens with zero attached hydrogens (tertiary/aromatic N) is 1. The molecule has 1 aliphatic heterocycles. The summed E-state index contributed by atoms with van der Waals surface area (Å²) in [6.07, 6.45) is 1.03. The molecule has 0 saturated carbocycles. The van der Waals surface area contributed by atoms with Crippen LogP contribution in [0.1, 0.15) is 27.0 Å². The van der Waals surface area contributed by atoms with Crippen LogP contribution < -0.4 is 10.2 Å². The average molecular weight is 360 g/mol. The number of anilines is 1. The Morgan fingerprint density at radius 1 is 0.926 bits per heavy atom. The molecule has 1 heterocycles. The summed E-state index contributed by atoms with van der Waals surface area (Å²) in [5.74, 6) is -0.507. The molecule has 1 aliphatic rings. The first-order valence-corrected chi connectivity index (χ1v) is 9.14. The molecular weight excluding hydrogens is 339 g/mol. The first-order valence-electron chi connectivity index (χ1n) is 9.14. The molecule has 0 bridgehead atoms. The van der Waals surface area contributed by atoms with Crippen LogP contribution in [0.15, 0.2) is 72.8 Å². The van der Waals surface area contributed by atoms with Crippen LogP contribution in [0.5, 0.6) is 0 Å². The third-order valence-corrected chi connectivity index (χ3v) is 5.02. The summed E-state index contributed by atoms with van der Waals surface area (Å²) < 4.78 is 13.7. The Labute approximate surface area is 158 Å². The van der Waals surface area contributed by atoms with E-state index in [1.165, 1.54) is 17.2 Å². The van der Waals surface area contributed by atoms with Crippen LogP contribution in [-0.2, 0) is 19.5 Å². The Morgan fingerprint density at radius 2 is 1.63 bits per heavy atom. The van der Waals surface area contributed by atoms with Crippen LogP contribution >= 0.6 is 0 Å². The molecule has 27 heavy (non-hydrogen) atoms. The molecule has 0 atom stereocenters. The van der Waals surface area contributed by atoms with Crippen molar-refractivity contribution < 1.29 is 9.18 Å². The van der Waals surface area contributed by atoms with Crippen LogP contribution in [0.4, 0.5) is 10.1 Å². The van der Waals surface area contributed by atoms with Gasteiger partial charge in [0.2, 0.25) is 0 Å². The van der Waals surface area contributed by atoms with Crippen molar-refractivity contribution in [1.29, 1.82) is 0 Å². The third kappa shape index (κ3) is 3.85. The minimum absolute atomic E-state index is 0.177. The van der Waals surface area contributed by atoms with Gasteiger partial charge < -0.3 is 10.2 Å². The lowest BCUT2D eigenvalue weighted by Gasteiger charge is -2.30. The van der Waals surface area contributed by atoms with Crippen LogP contribution in [-0.4, -0.2) is 12.5 Å². The van der Waals surface area contributed by atoms with E-state index >= 15 is 0 Å². The highest BCUT2D eigenvalue weighted by Crippen LogP contribution is 2.24. The fourth-order valence-corrected chi connectivity index (χ4v) is 3.46. The fraction of sp³-hybridized carbons (Fsp3) is 0.174. The maximum atomic E-state index is 13.7. The lowest BCUT2D eigenvalue weighted by molar-refractivity contribution is 0.0950. The number of benzene rings is 3. The highest BCUT2D eigenvalue weighted by Gasteiger charge is 2.16. The molecule has 0 aromatic heterocycles. The Balaban J connectivity index is 1.40. The zero-order valence-electron chi connectivity index (χ0n) is 15.0. The number of amides is 1. The predicted molar refractivity (Wildman–Crippen MR) is 105 cm³/mol. The molecule has 4 heteroatoms. The predicted octanol–water partition coefficient (Wildman–Crippen LogP) is 4.32. The number of carbonyl (C=O) groups excluding carboxylic acids is 1. The van der Waals surface area contributed by atoms with Crippen molar-refractivity contribution in [3.63, 3.8) is 0 Å². The van der Waals surface area contributed by atoms with Gasteiger partial charge in [-0.25, -0.2) is 4.39 Å². The SMILES string of the molecule is O=C(NCc1ccccc1F)c1ccc(N2CCc3ccccc3C2)cc1. The van der Waals surface area contributed by atoms with Crippen LogP contribution in [0.25, 0.3) is 0 Å². The standard InChI is InChI=1S/C23H21FN2O/c24-22-8-4-3-6-19(22)15-25-23(27)18-9-11-21(12-10-18)26-14-13-17-5-1-2-7-20(17)16-26/h1-12H,13-16H2,(H,25,27). The molecule has 0 saturated heterocycles. The molecule has 0 fully saturated rings. The van der Waals surface area contributed by atoms with E-state index in [4.69, 9.17) is 0 Å². The molecule has 0 aliphatic carbocycles. The Bertz CT molecular complexity index is 953. The summed E-state index contributed by atoms with van der Waals surface area (Å²) in [4.78, 5) is 14.7. The van der Waals surface area contributed by atoms with Crippen molar-refractivity contribution in [2.75, 3.05) is 11.4 Å². The summed E-state index contributed by atoms with van der Waals surface area (Å²) in [6.45, 7) is 2.03. The molecule has 1 N–H and O–H groups in total. The zero-order valence-corrected chi connectivity index (χ0v) is 15.0. The zero-order chi connectivity index (χ0) is 18.6. The maximum Gasteiger partial charge on any atom is 0.251 e. The van der Waals surface area contributed by atoms with Gasteiger partial charge in [0.05, 0.1) is 0 Å². The second-order valence-corrected chi connectivity index (χ2v) is 6.76. The minimum Gasteiger partial charge on any atom is -0.367 e. The number of fused-ring (bicyclic) bond motifs is 1. The molecule has 4 rings (SSSR count). The van der Waals surface area contributed by atoms with E-state index in [1.807, 2.05) is 24.3 Å². The fourth-order valence-electron chi connectivity index (χ4n) is 3.46. The van der Waals surface area contributed by atoms with E-state index in [2.05, 4.69) is 34.5 Å². The molecule has 3 aromatic carbocycles. The van der Waals surface area contributed by atoms with E-state index in [1.54, 1.807) is 18.2 Å². The smallest absolute Gasteiger partial charge is 0.251 e. The highest BCUT2D eigenvalue weighted by molar-refractivity contribution is 5.94. The normalized spacial score (nSPS) is 13.1. The molecule has 136 valence electrons. The Kier molecular flexibility index (Phi) is 4.88. The van der Waals surface area contributed by atoms with Crippen molar-refractivity contribution in [2.24, 2.45) is 0 Å². The van der Waals surface area contributed by atoms with Crippen molar-refractivity contribution in [1.82, 2.24) is 5.32 Å². The Hall–Kier alpha value is -3.14. The second-order valence-electron chi connectivity index (χ2n) is 6.76. The molecular formula is C23H21FN2O. The topological polar surface area (TPSA) is 32.3 Å². The van der Waals surface area contributed by atoms with Crippen LogP contribution in [0, 0.1) is 5.82 Å². The molecule has 0 spiro atoms. The Morgan fingerprint density at radius 3 is 2.41 bits per heavy atom. The van der Waals surface area contributed by atoms with Crippen molar-refractivity contribution in [3.8, 4) is 0 Å². The van der Waals surface area contributed by atoms with Crippen LogP contribution in [0.3, 0.4) is 0 Å². The van der Waals surface area contributed by atoms with Crippen molar-refractivity contribution in [3.05, 3.63) is 101 Å². The summed E-state index contributed by atoms with van der Waals surface area (Å²) in [5, 5.41) is 2.78. The lowest BCUT2D eigenvalue weighted by Crippen LogP contribution is -2.30. The first-order chi connectivity index (χ1) is 13.2. The average Bonchev–Trinajstić information content (AvgIpc) is 2.73. The highest BCUT2D eigenvalue weighted by atomic mass is 19.1. The number of nitrogens with one attached hydrogen (secondary N) is 1. The molecule has 0 unspecified atom stereocenters. The van der Waals surface area contributed by atoms with Gasteiger partial charge in [-0.15, -0.1) is 0 Å². The van der Waals surface area contributed by atoms with E-state index in [-0.39, 0.29) is 18.3 Å². The summed E-state index contributed by atoms with van der Waals surface area (Å²) in [7, 11) is 0. The summed E-state index contributed by atoms with van der Waals surface area (Å²) in [5.41, 5.74) is 4.94. The van der Waals surface area contributed by atoms with Gasteiger partial charge in [-0.1, -0.05) is 42.5 Å². The summed E-state index contributed by atoms with van der Waals surface area (Å²) in [6, 6.07) is 22.6. The largest absolute Gasteiger partial charge is 0.367 e. The van der Waals surface area contributed by atoms with Gasteiger partial charge in [-0.3, -0.25) is 4.79 Å². The number of halogens is 1. The number of rotatable bonds is 4. The van der Waals surface area contributed by atoms with E-state index in [9.17, 15) is 9.18 Å². The minimum atomic E-state index is -0.307. The molecule has 3 aromatic rings. The van der Waals surface area contributed by atoms with Gasteiger partial charge in [0.15, 0.2) is 0 Å². The number of hydrogen-bond donors (Lipinski definition) is 1. The van der Waals surface area contributed by atoms with Crippen LogP contribution in [0.2, 0.25) is 0 Å². The molecule has 0 radical (unpaired) electrons. The maximum absolute atomic E-state index is 13.7. The lowest BCUT2D eigenvalue weighted by atomic mass is 9.99. The van der Waals surface area contributed by atoms with Gasteiger partial charge in [-0.05, 0) is 47.9 Å². The quantitative estimate of drug-likeness (QED) is 0.752. The van der Waals surface area contributed by atoms with Gasteiger partial charge in [-0.2, -0.15) is 0 Å². The van der Waals surface area contributed by atoms with E-state index < -0.39 is 0 Å². The van der Waals surface area contributed by atoms with Gasteiger partial charge in [0, 0.05) is 36.4 Å². The van der Waals surface area contributed by atoms with Crippen molar-refractivity contribution >= 4 is 11.6 Å². The van der Waals surface area contributed by atoms with E-state index in [0.717, 1.165) is 25.2 Å². The van der Waals surface area contributed by atoms with Gasteiger partial charge in [0.1, 0.15) is 5.82 Å². The molecule has 3 nitrogen and oxygen atoms in total. The second kappa shape index (κ2) is 7.62.